The van der Waals surface area contributed by atoms with Crippen LogP contribution in [0.3, 0.4) is 0 Å². The van der Waals surface area contributed by atoms with E-state index in [0.29, 0.717) is 13.1 Å². The van der Waals surface area contributed by atoms with Crippen LogP contribution in [0.5, 0.6) is 0 Å². The molecule has 0 aliphatic carbocycles. The van der Waals surface area contributed by atoms with E-state index in [2.05, 4.69) is 18.7 Å². The van der Waals surface area contributed by atoms with Crippen molar-refractivity contribution < 1.29 is 15.3 Å². The summed E-state index contributed by atoms with van der Waals surface area (Å²) in [5, 5.41) is 29.9. The fourth-order valence-electron chi connectivity index (χ4n) is 6.12. The van der Waals surface area contributed by atoms with Crippen molar-refractivity contribution in [1.82, 2.24) is 4.90 Å². The molecule has 0 spiro atoms. The summed E-state index contributed by atoms with van der Waals surface area (Å²) < 4.78 is 0. The van der Waals surface area contributed by atoms with Gasteiger partial charge in [0.05, 0.1) is 19.8 Å². The van der Waals surface area contributed by atoms with Crippen LogP contribution < -0.4 is 0 Å². The number of β-amino-alcohol motifs (C(OH)–C–C–N with tert-alkyl or cyclic N) is 2. The molecular formula is C34H71NO3. The second-order valence-corrected chi connectivity index (χ2v) is 12.1. The largest absolute Gasteiger partial charge is 0.395 e. The Bertz CT molecular complexity index is 411. The van der Waals surface area contributed by atoms with E-state index >= 15 is 0 Å². The van der Waals surface area contributed by atoms with Crippen molar-refractivity contribution in [2.45, 2.75) is 186 Å². The Morgan fingerprint density at radius 3 is 0.895 bits per heavy atom. The summed E-state index contributed by atoms with van der Waals surface area (Å²) in [4.78, 5) is 2.18. The van der Waals surface area contributed by atoms with Crippen molar-refractivity contribution in [1.29, 1.82) is 0 Å². The van der Waals surface area contributed by atoms with Crippen molar-refractivity contribution in [2.24, 2.45) is 0 Å². The molecule has 0 unspecified atom stereocenters. The molecule has 0 fully saturated rings. The number of hydrogen-bond acceptors (Lipinski definition) is 4. The predicted octanol–water partition coefficient (Wildman–Crippen LogP) is 9.19. The summed E-state index contributed by atoms with van der Waals surface area (Å²) in [5.74, 6) is 0. The molecule has 0 radical (unpaired) electrons. The highest BCUT2D eigenvalue weighted by atomic mass is 16.3. The Balaban J connectivity index is 4.24. The van der Waals surface area contributed by atoms with Gasteiger partial charge in [-0.3, -0.25) is 4.90 Å². The lowest BCUT2D eigenvalue weighted by Gasteiger charge is -2.43. The van der Waals surface area contributed by atoms with E-state index in [9.17, 15) is 15.3 Å². The summed E-state index contributed by atoms with van der Waals surface area (Å²) in [5.41, 5.74) is -0.289. The molecule has 0 saturated heterocycles. The van der Waals surface area contributed by atoms with Crippen molar-refractivity contribution in [2.75, 3.05) is 32.9 Å². The van der Waals surface area contributed by atoms with Crippen LogP contribution in [0.25, 0.3) is 0 Å². The van der Waals surface area contributed by atoms with E-state index in [1.165, 1.54) is 141 Å². The van der Waals surface area contributed by atoms with Gasteiger partial charge in [-0.15, -0.1) is 0 Å². The quantitative estimate of drug-likeness (QED) is 0.0743. The number of unbranched alkanes of at least 4 members (excludes halogenated alkanes) is 22. The zero-order chi connectivity index (χ0) is 28.0. The molecule has 0 aromatic heterocycles. The molecule has 0 aliphatic rings. The molecule has 38 heavy (non-hydrogen) atoms. The lowest BCUT2D eigenvalue weighted by molar-refractivity contribution is -0.00725. The molecule has 0 rings (SSSR count). The first kappa shape index (κ1) is 37.8. The van der Waals surface area contributed by atoms with Gasteiger partial charge in [0.1, 0.15) is 0 Å². The third-order valence-electron chi connectivity index (χ3n) is 8.70. The average molecular weight is 542 g/mol. The van der Waals surface area contributed by atoms with Gasteiger partial charge in [0.15, 0.2) is 0 Å². The van der Waals surface area contributed by atoms with Crippen LogP contribution in [0.4, 0.5) is 0 Å². The minimum absolute atomic E-state index is 0.0820. The van der Waals surface area contributed by atoms with Crippen molar-refractivity contribution >= 4 is 0 Å². The van der Waals surface area contributed by atoms with E-state index in [1.807, 2.05) is 0 Å². The molecule has 230 valence electrons. The van der Waals surface area contributed by atoms with Crippen molar-refractivity contribution in [3.05, 3.63) is 0 Å². The Labute approximate surface area is 239 Å². The number of nitrogens with zero attached hydrogens (tertiary/aromatic N) is 1. The molecule has 0 aliphatic heterocycles. The Kier molecular flexibility index (Phi) is 29.7. The SMILES string of the molecule is CCCCCCCCCCCCCCC(CO)(CCCCCCCCCCCCCC)N(CCO)CCO. The molecule has 0 heterocycles. The molecule has 0 atom stereocenters. The number of rotatable bonds is 32. The standard InChI is InChI=1S/C34H71NO3/c1-3-5-7-9-11-13-15-17-19-21-23-25-27-34(33-38,35(29-31-36)30-32-37)28-26-24-22-20-18-16-14-12-10-8-6-4-2/h36-38H,3-33H2,1-2H3. The van der Waals surface area contributed by atoms with E-state index in [0.717, 1.165) is 25.7 Å². The number of aliphatic hydroxyl groups excluding tert-OH is 3. The molecule has 0 bridgehead atoms. The fourth-order valence-corrected chi connectivity index (χ4v) is 6.12. The van der Waals surface area contributed by atoms with Gasteiger partial charge in [-0.2, -0.15) is 0 Å². The highest BCUT2D eigenvalue weighted by Crippen LogP contribution is 2.30. The smallest absolute Gasteiger partial charge is 0.0615 e. The van der Waals surface area contributed by atoms with Gasteiger partial charge in [0.2, 0.25) is 0 Å². The summed E-state index contributed by atoms with van der Waals surface area (Å²) in [6, 6.07) is 0. The first-order chi connectivity index (χ1) is 18.7. The van der Waals surface area contributed by atoms with Gasteiger partial charge < -0.3 is 15.3 Å². The number of aliphatic hydroxyl groups is 3. The van der Waals surface area contributed by atoms with Gasteiger partial charge in [-0.25, -0.2) is 0 Å². The molecule has 4 heteroatoms. The minimum Gasteiger partial charge on any atom is -0.395 e. The molecule has 3 N–H and O–H groups in total. The van der Waals surface area contributed by atoms with E-state index in [4.69, 9.17) is 0 Å². The third kappa shape index (κ3) is 21.6. The third-order valence-corrected chi connectivity index (χ3v) is 8.70. The van der Waals surface area contributed by atoms with Gasteiger partial charge >= 0.3 is 0 Å². The lowest BCUT2D eigenvalue weighted by Crippen LogP contribution is -2.53. The van der Waals surface area contributed by atoms with E-state index in [1.54, 1.807) is 0 Å². The summed E-state index contributed by atoms with van der Waals surface area (Å²) in [7, 11) is 0. The monoisotopic (exact) mass is 542 g/mol. The summed E-state index contributed by atoms with van der Waals surface area (Å²) in [6.07, 6.45) is 34.1. The summed E-state index contributed by atoms with van der Waals surface area (Å²) >= 11 is 0. The van der Waals surface area contributed by atoms with Crippen LogP contribution in [0.15, 0.2) is 0 Å². The van der Waals surface area contributed by atoms with Crippen LogP contribution in [0.2, 0.25) is 0 Å². The lowest BCUT2D eigenvalue weighted by atomic mass is 9.84. The predicted molar refractivity (Wildman–Crippen MR) is 167 cm³/mol. The van der Waals surface area contributed by atoms with Gasteiger partial charge in [0.25, 0.3) is 0 Å². The highest BCUT2D eigenvalue weighted by molar-refractivity contribution is 4.90. The maximum Gasteiger partial charge on any atom is 0.0615 e. The first-order valence-electron chi connectivity index (χ1n) is 17.3. The zero-order valence-electron chi connectivity index (χ0n) is 26.2. The van der Waals surface area contributed by atoms with Crippen molar-refractivity contribution in [3.63, 3.8) is 0 Å². The topological polar surface area (TPSA) is 63.9 Å². The fraction of sp³-hybridized carbons (Fsp3) is 1.00. The molecule has 0 saturated carbocycles. The van der Waals surface area contributed by atoms with E-state index < -0.39 is 0 Å². The van der Waals surface area contributed by atoms with E-state index in [-0.39, 0.29) is 25.4 Å². The first-order valence-corrected chi connectivity index (χ1v) is 17.3. The maximum atomic E-state index is 10.5. The Morgan fingerprint density at radius 1 is 0.395 bits per heavy atom. The van der Waals surface area contributed by atoms with Gasteiger partial charge in [-0.05, 0) is 12.8 Å². The number of hydrogen-bond donors (Lipinski definition) is 3. The van der Waals surface area contributed by atoms with Crippen LogP contribution in [-0.2, 0) is 0 Å². The highest BCUT2D eigenvalue weighted by Gasteiger charge is 2.34. The molecule has 0 aromatic rings. The average Bonchev–Trinajstić information content (AvgIpc) is 2.93. The van der Waals surface area contributed by atoms with Crippen LogP contribution in [0.1, 0.15) is 181 Å². The maximum absolute atomic E-state index is 10.5. The Hall–Kier alpha value is -0.160. The molecule has 0 amide bonds. The van der Waals surface area contributed by atoms with Crippen LogP contribution in [-0.4, -0.2) is 58.7 Å². The molecule has 0 aromatic carbocycles. The van der Waals surface area contributed by atoms with Gasteiger partial charge in [0, 0.05) is 18.6 Å². The van der Waals surface area contributed by atoms with Crippen LogP contribution in [0, 0.1) is 0 Å². The summed E-state index contributed by atoms with van der Waals surface area (Å²) in [6.45, 7) is 5.93. The zero-order valence-corrected chi connectivity index (χ0v) is 26.2. The van der Waals surface area contributed by atoms with Crippen LogP contribution >= 0.6 is 0 Å². The second-order valence-electron chi connectivity index (χ2n) is 12.1. The molecule has 4 nitrogen and oxygen atoms in total. The van der Waals surface area contributed by atoms with Gasteiger partial charge in [-0.1, -0.05) is 168 Å². The normalized spacial score (nSPS) is 12.2. The second kappa shape index (κ2) is 29.8. The Morgan fingerprint density at radius 2 is 0.658 bits per heavy atom. The van der Waals surface area contributed by atoms with Crippen molar-refractivity contribution in [3.8, 4) is 0 Å². The minimum atomic E-state index is -0.289. The molecular weight excluding hydrogens is 470 g/mol.